The van der Waals surface area contributed by atoms with Crippen LogP contribution in [-0.4, -0.2) is 11.3 Å². The number of hydrogen-bond donors (Lipinski definition) is 0. The molecule has 6 aromatic rings. The molecule has 0 unspecified atom stereocenters. The number of aryl methyl sites for hydroxylation is 1. The van der Waals surface area contributed by atoms with E-state index in [1.807, 2.05) is 10.6 Å². The zero-order valence-corrected chi connectivity index (χ0v) is 18.4. The van der Waals surface area contributed by atoms with E-state index >= 15 is 0 Å². The summed E-state index contributed by atoms with van der Waals surface area (Å²) >= 11 is 0. The molecule has 3 aromatic carbocycles. The maximum Gasteiger partial charge on any atom is 0.333 e. The monoisotopic (exact) mass is 414 g/mol. The molecule has 32 heavy (non-hydrogen) atoms. The first-order chi connectivity index (χ1) is 15.5. The molecule has 3 nitrogen and oxygen atoms in total. The van der Waals surface area contributed by atoms with Gasteiger partial charge in [-0.25, -0.2) is 4.40 Å². The molecule has 0 aliphatic carbocycles. The van der Waals surface area contributed by atoms with Crippen molar-refractivity contribution in [3.63, 3.8) is 0 Å². The molecule has 154 valence electrons. The highest BCUT2D eigenvalue weighted by Gasteiger charge is 2.33. The molecular weight excluding hydrogens is 392 g/mol. The lowest BCUT2D eigenvalue weighted by Gasteiger charge is -2.24. The zero-order chi connectivity index (χ0) is 21.7. The highest BCUT2D eigenvalue weighted by Crippen LogP contribution is 2.44. The Morgan fingerprint density at radius 1 is 0.938 bits per heavy atom. The van der Waals surface area contributed by atoms with E-state index in [0.717, 1.165) is 28.1 Å². The van der Waals surface area contributed by atoms with Gasteiger partial charge >= 0.3 is 5.58 Å². The first kappa shape index (κ1) is 17.7. The van der Waals surface area contributed by atoms with Crippen LogP contribution in [-0.2, 0) is 0 Å². The summed E-state index contributed by atoms with van der Waals surface area (Å²) in [7, 11) is 0. The van der Waals surface area contributed by atoms with Crippen LogP contribution < -0.4 is 4.40 Å². The Labute approximate surface area is 185 Å². The normalized spacial score (nSPS) is 15.1. The number of fused-ring (bicyclic) bond motifs is 8. The number of nitrogens with zero attached hydrogens (tertiary/aromatic N) is 2. The van der Waals surface area contributed by atoms with Crippen molar-refractivity contribution in [1.82, 2.24) is 0 Å². The smallest absolute Gasteiger partial charge is 0.273 e. The van der Waals surface area contributed by atoms with Crippen LogP contribution in [0.2, 0.25) is 0 Å². The Hall–Kier alpha value is -3.98. The summed E-state index contributed by atoms with van der Waals surface area (Å²) in [6.07, 6.45) is 4.37. The van der Waals surface area contributed by atoms with Crippen LogP contribution in [0.3, 0.4) is 0 Å². The van der Waals surface area contributed by atoms with Gasteiger partial charge in [0.2, 0.25) is 5.52 Å². The third kappa shape index (κ3) is 2.01. The number of hydrogen-bond acceptors (Lipinski definition) is 0. The predicted molar refractivity (Wildman–Crippen MR) is 131 cm³/mol. The van der Waals surface area contributed by atoms with E-state index in [-0.39, 0.29) is 0 Å². The minimum absolute atomic E-state index is 0.920. The maximum absolute atomic E-state index is 6.55. The molecule has 1 aliphatic heterocycles. The van der Waals surface area contributed by atoms with Crippen molar-refractivity contribution >= 4 is 56.0 Å². The van der Waals surface area contributed by atoms with Gasteiger partial charge in [0.1, 0.15) is 17.8 Å². The predicted octanol–water partition coefficient (Wildman–Crippen LogP) is 6.55. The minimum atomic E-state index is 0.920. The average molecular weight is 415 g/mol. The Morgan fingerprint density at radius 3 is 2.62 bits per heavy atom. The second-order valence-electron chi connectivity index (χ2n) is 8.96. The molecule has 7 rings (SSSR count). The van der Waals surface area contributed by atoms with E-state index < -0.39 is 0 Å². The van der Waals surface area contributed by atoms with Crippen LogP contribution in [0.25, 0.3) is 49.3 Å². The summed E-state index contributed by atoms with van der Waals surface area (Å²) in [6, 6.07) is 20.5. The summed E-state index contributed by atoms with van der Waals surface area (Å²) in [5.41, 5.74) is 10.4. The van der Waals surface area contributed by atoms with Gasteiger partial charge < -0.3 is 0 Å². The van der Waals surface area contributed by atoms with Crippen LogP contribution in [0.1, 0.15) is 25.0 Å². The first-order valence-electron chi connectivity index (χ1n) is 11.0. The van der Waals surface area contributed by atoms with Crippen molar-refractivity contribution in [1.29, 1.82) is 0 Å². The molecule has 0 radical (unpaired) electrons. The standard InChI is InChI=1S/C29H22N2O/c1-16-14-23(30(4)15-18(16)3)25-17(2)13-21-19-9-5-7-11-22(19)31-27(21)26(25)29-28(31)20-10-6-8-12-24(20)32-29/h5-15H,4H2,1-3H3. The summed E-state index contributed by atoms with van der Waals surface area (Å²) in [5.74, 6) is 0. The Morgan fingerprint density at radius 2 is 1.75 bits per heavy atom. The van der Waals surface area contributed by atoms with Crippen molar-refractivity contribution in [2.24, 2.45) is 0 Å². The number of rotatable bonds is 1. The van der Waals surface area contributed by atoms with Crippen molar-refractivity contribution < 1.29 is 13.4 Å². The van der Waals surface area contributed by atoms with Gasteiger partial charge in [-0.05, 0) is 41.5 Å². The summed E-state index contributed by atoms with van der Waals surface area (Å²) < 4.78 is 11.0. The van der Waals surface area contributed by atoms with Gasteiger partial charge in [-0.3, -0.25) is 8.99 Å². The molecule has 3 heteroatoms. The number of benzene rings is 3. The van der Waals surface area contributed by atoms with Gasteiger partial charge in [-0.2, -0.15) is 0 Å². The molecule has 0 amide bonds. The zero-order valence-electron chi connectivity index (χ0n) is 18.4. The van der Waals surface area contributed by atoms with Gasteiger partial charge in [0.15, 0.2) is 5.52 Å². The maximum atomic E-state index is 6.55. The number of furan rings is 1. The van der Waals surface area contributed by atoms with Crippen LogP contribution in [0, 0.1) is 13.0 Å². The van der Waals surface area contributed by atoms with Gasteiger partial charge in [-0.1, -0.05) is 43.2 Å². The Bertz CT molecular complexity index is 1820. The average Bonchev–Trinajstić information content (AvgIpc) is 3.41. The molecule has 0 spiro atoms. The van der Waals surface area contributed by atoms with Crippen molar-refractivity contribution in [2.75, 3.05) is 0 Å². The molecule has 0 N–H and O–H groups in total. The van der Waals surface area contributed by atoms with E-state index in [2.05, 4.69) is 92.7 Å². The summed E-state index contributed by atoms with van der Waals surface area (Å²) in [6.45, 7) is 10.8. The number of allylic oxidation sites excluding steroid dienone is 2. The lowest BCUT2D eigenvalue weighted by Crippen LogP contribution is -2.19. The quantitative estimate of drug-likeness (QED) is 0.169. The number of para-hydroxylation sites is 2. The molecule has 0 saturated heterocycles. The fraction of sp³-hybridized carbons (Fsp3) is 0.103. The van der Waals surface area contributed by atoms with E-state index in [1.54, 1.807) is 0 Å². The summed E-state index contributed by atoms with van der Waals surface area (Å²) in [4.78, 5) is 0. The van der Waals surface area contributed by atoms with E-state index in [0.29, 0.717) is 0 Å². The Balaban J connectivity index is 1.76. The van der Waals surface area contributed by atoms with E-state index in [4.69, 9.17) is 4.42 Å². The van der Waals surface area contributed by atoms with Crippen LogP contribution >= 0.6 is 0 Å². The van der Waals surface area contributed by atoms with Crippen LogP contribution in [0.5, 0.6) is 0 Å². The van der Waals surface area contributed by atoms with Crippen molar-refractivity contribution in [3.8, 4) is 0 Å². The molecule has 0 atom stereocenters. The number of aromatic nitrogens is 1. The topological polar surface area (TPSA) is 18.4 Å². The molecule has 4 heterocycles. The lowest BCUT2D eigenvalue weighted by atomic mass is 9.91. The van der Waals surface area contributed by atoms with Gasteiger partial charge in [-0.15, -0.1) is 29.8 Å². The molecular formula is C29H22N2O. The molecule has 0 saturated carbocycles. The third-order valence-electron chi connectivity index (χ3n) is 7.07. The second-order valence-corrected chi connectivity index (χ2v) is 8.96. The van der Waals surface area contributed by atoms with Gasteiger partial charge in [0, 0.05) is 5.39 Å². The van der Waals surface area contributed by atoms with Gasteiger partial charge in [0.25, 0.3) is 5.58 Å². The first-order valence-corrected chi connectivity index (χ1v) is 11.0. The van der Waals surface area contributed by atoms with Crippen LogP contribution in [0.4, 0.5) is 0 Å². The van der Waals surface area contributed by atoms with Crippen LogP contribution in [0.15, 0.2) is 82.4 Å². The molecule has 1 aliphatic rings. The van der Waals surface area contributed by atoms with E-state index in [1.165, 1.54) is 49.5 Å². The van der Waals surface area contributed by atoms with E-state index in [9.17, 15) is 0 Å². The fourth-order valence-electron chi connectivity index (χ4n) is 5.49. The summed E-state index contributed by atoms with van der Waals surface area (Å²) in [5, 5.41) is 4.86. The highest BCUT2D eigenvalue weighted by molar-refractivity contribution is 6.22. The molecule has 0 fully saturated rings. The second kappa shape index (κ2) is 5.83. The fourth-order valence-corrected chi connectivity index (χ4v) is 5.49. The van der Waals surface area contributed by atoms with Crippen molar-refractivity contribution in [2.45, 2.75) is 20.8 Å². The molecule has 3 aromatic heterocycles. The largest absolute Gasteiger partial charge is 0.333 e. The highest BCUT2D eigenvalue weighted by atomic mass is 16.3. The molecule has 0 bridgehead atoms. The SMILES string of the molecule is C=[N+]1C=C(C)C(C)=C[C-]1c1c(C)cc2c3ccccc3[n+]3c4c([o+][c-]5ccccc45)c1[c-]23. The van der Waals surface area contributed by atoms with Gasteiger partial charge in [0.05, 0.1) is 12.1 Å². The Kier molecular flexibility index (Phi) is 3.22. The lowest BCUT2D eigenvalue weighted by molar-refractivity contribution is -0.443. The minimum Gasteiger partial charge on any atom is -0.273 e. The third-order valence-corrected chi connectivity index (χ3v) is 7.07. The van der Waals surface area contributed by atoms with Crippen molar-refractivity contribution in [3.05, 3.63) is 95.2 Å².